The number of hydrogen-bond acceptors (Lipinski definition) is 2. The lowest BCUT2D eigenvalue weighted by atomic mass is 9.85. The predicted octanol–water partition coefficient (Wildman–Crippen LogP) is 5.17. The minimum atomic E-state index is -0.114. The second-order valence-electron chi connectivity index (χ2n) is 8.61. The second-order valence-corrected chi connectivity index (χ2v) is 8.61. The molecule has 0 aliphatic heterocycles. The fraction of sp³-hybridized carbons (Fsp3) is 0.0714. The van der Waals surface area contributed by atoms with Crippen LogP contribution in [0.3, 0.4) is 0 Å². The molecule has 7 rings (SSSR count). The van der Waals surface area contributed by atoms with Crippen LogP contribution in [0.5, 0.6) is 0 Å². The summed E-state index contributed by atoms with van der Waals surface area (Å²) in [6.07, 6.45) is 1.79. The molecule has 0 saturated heterocycles. The first-order chi connectivity index (χ1) is 15.7. The van der Waals surface area contributed by atoms with E-state index in [0.717, 1.165) is 29.4 Å². The summed E-state index contributed by atoms with van der Waals surface area (Å²) in [5, 5.41) is 1.85. The number of hydrogen-bond donors (Lipinski definition) is 2. The maximum absolute atomic E-state index is 13.4. The van der Waals surface area contributed by atoms with Gasteiger partial charge in [-0.05, 0) is 46.9 Å². The van der Waals surface area contributed by atoms with E-state index in [-0.39, 0.29) is 10.9 Å². The third-order valence-electron chi connectivity index (χ3n) is 6.89. The molecule has 0 unspecified atom stereocenters. The van der Waals surface area contributed by atoms with Crippen molar-refractivity contribution in [3.63, 3.8) is 0 Å². The van der Waals surface area contributed by atoms with Crippen LogP contribution < -0.4 is 10.9 Å². The quantitative estimate of drug-likeness (QED) is 0.266. The largest absolute Gasteiger partial charge is 0.352 e. The minimum absolute atomic E-state index is 0.104. The van der Waals surface area contributed by atoms with Gasteiger partial charge in [-0.1, -0.05) is 54.6 Å². The Bertz CT molecular complexity index is 1880. The Kier molecular flexibility index (Phi) is 3.37. The average Bonchev–Trinajstić information content (AvgIpc) is 2.84. The molecule has 4 heteroatoms. The van der Waals surface area contributed by atoms with Crippen molar-refractivity contribution in [2.75, 3.05) is 0 Å². The summed E-state index contributed by atoms with van der Waals surface area (Å²) in [7, 11) is 0. The van der Waals surface area contributed by atoms with Crippen molar-refractivity contribution in [1.29, 1.82) is 0 Å². The summed E-state index contributed by atoms with van der Waals surface area (Å²) >= 11 is 0. The van der Waals surface area contributed by atoms with Gasteiger partial charge in [0.25, 0.3) is 0 Å². The molecule has 0 amide bonds. The van der Waals surface area contributed by atoms with Crippen molar-refractivity contribution in [3.8, 4) is 0 Å². The highest BCUT2D eigenvalue weighted by atomic mass is 16.1. The summed E-state index contributed by atoms with van der Waals surface area (Å²) in [5.74, 6) is 0. The van der Waals surface area contributed by atoms with E-state index in [1.54, 1.807) is 30.3 Å². The van der Waals surface area contributed by atoms with Crippen LogP contribution in [0.1, 0.15) is 22.3 Å². The molecule has 4 nitrogen and oxygen atoms in total. The first kappa shape index (κ1) is 17.5. The number of fused-ring (bicyclic) bond motifs is 8. The van der Waals surface area contributed by atoms with E-state index < -0.39 is 0 Å². The molecule has 5 aromatic carbocycles. The van der Waals surface area contributed by atoms with Gasteiger partial charge in [-0.15, -0.1) is 0 Å². The van der Waals surface area contributed by atoms with E-state index in [4.69, 9.17) is 0 Å². The molecule has 0 spiro atoms. The third kappa shape index (κ3) is 2.26. The van der Waals surface area contributed by atoms with Gasteiger partial charge in [0.2, 0.25) is 0 Å². The molecular formula is C28H18N2O2. The third-order valence-corrected chi connectivity index (χ3v) is 6.89. The van der Waals surface area contributed by atoms with Gasteiger partial charge in [-0.2, -0.15) is 0 Å². The summed E-state index contributed by atoms with van der Waals surface area (Å²) < 4.78 is 0. The Morgan fingerprint density at radius 1 is 0.531 bits per heavy atom. The van der Waals surface area contributed by atoms with Crippen molar-refractivity contribution in [1.82, 2.24) is 9.97 Å². The average molecular weight is 414 g/mol. The summed E-state index contributed by atoms with van der Waals surface area (Å²) in [6, 6.07) is 23.5. The number of rotatable bonds is 0. The standard InChI is InChI=1S/C28H18N2O2/c31-27-18-7-3-4-8-19(18)28(32)24-20(27)10-12-23-26(24)30-22-11-9-17-13-15-5-1-2-6-16(15)14-21(17)25(22)29-23/h1-12,29-30H,13-14H2. The highest BCUT2D eigenvalue weighted by Gasteiger charge is 2.19. The molecule has 0 fully saturated rings. The lowest BCUT2D eigenvalue weighted by Gasteiger charge is -2.21. The van der Waals surface area contributed by atoms with Gasteiger partial charge in [0.1, 0.15) is 0 Å². The normalized spacial score (nSPS) is 13.0. The lowest BCUT2D eigenvalue weighted by Crippen LogP contribution is -2.14. The zero-order valence-electron chi connectivity index (χ0n) is 17.2. The van der Waals surface area contributed by atoms with E-state index in [9.17, 15) is 9.59 Å². The van der Waals surface area contributed by atoms with Crippen LogP contribution >= 0.6 is 0 Å². The molecule has 1 aliphatic carbocycles. The summed E-state index contributed by atoms with van der Waals surface area (Å²) in [6.45, 7) is 0. The zero-order valence-corrected chi connectivity index (χ0v) is 17.2. The Morgan fingerprint density at radius 2 is 1.16 bits per heavy atom. The SMILES string of the molecule is O=c1c2ccccc2c(=O)c2c1ccc1[nH]c3c4c(ccc3[nH]c12)Cc1ccccc1C4. The molecule has 152 valence electrons. The van der Waals surface area contributed by atoms with Gasteiger partial charge < -0.3 is 9.97 Å². The van der Waals surface area contributed by atoms with Gasteiger partial charge in [-0.3, -0.25) is 9.59 Å². The topological polar surface area (TPSA) is 65.7 Å². The van der Waals surface area contributed by atoms with Crippen molar-refractivity contribution in [2.45, 2.75) is 12.8 Å². The molecule has 0 radical (unpaired) electrons. The monoisotopic (exact) mass is 414 g/mol. The predicted molar refractivity (Wildman–Crippen MR) is 130 cm³/mol. The van der Waals surface area contributed by atoms with Crippen molar-refractivity contribution in [2.24, 2.45) is 0 Å². The zero-order chi connectivity index (χ0) is 21.4. The highest BCUT2D eigenvalue weighted by Crippen LogP contribution is 2.32. The fourth-order valence-corrected chi connectivity index (χ4v) is 5.29. The van der Waals surface area contributed by atoms with Crippen LogP contribution in [0.4, 0.5) is 0 Å². The fourth-order valence-electron chi connectivity index (χ4n) is 5.29. The van der Waals surface area contributed by atoms with Crippen molar-refractivity contribution < 1.29 is 0 Å². The minimum Gasteiger partial charge on any atom is -0.352 e. The van der Waals surface area contributed by atoms with Crippen LogP contribution in [0.15, 0.2) is 82.4 Å². The van der Waals surface area contributed by atoms with Crippen LogP contribution in [0.2, 0.25) is 0 Å². The first-order valence-electron chi connectivity index (χ1n) is 10.8. The molecule has 0 atom stereocenters. The smallest absolute Gasteiger partial charge is 0.196 e. The van der Waals surface area contributed by atoms with Crippen LogP contribution in [-0.2, 0) is 12.8 Å². The molecule has 32 heavy (non-hydrogen) atoms. The number of aromatic amines is 2. The molecule has 1 aromatic heterocycles. The lowest BCUT2D eigenvalue weighted by molar-refractivity contribution is 1.01. The van der Waals surface area contributed by atoms with Crippen LogP contribution in [0.25, 0.3) is 43.6 Å². The molecule has 6 aromatic rings. The first-order valence-corrected chi connectivity index (χ1v) is 10.8. The molecule has 0 bridgehead atoms. The maximum atomic E-state index is 13.4. The molecule has 0 saturated carbocycles. The number of H-pyrrole nitrogens is 2. The van der Waals surface area contributed by atoms with Gasteiger partial charge in [0, 0.05) is 22.6 Å². The highest BCUT2D eigenvalue weighted by molar-refractivity contribution is 6.10. The second kappa shape index (κ2) is 6.17. The maximum Gasteiger partial charge on any atom is 0.196 e. The Labute approximate surface area is 182 Å². The summed E-state index contributed by atoms with van der Waals surface area (Å²) in [5.41, 5.74) is 8.60. The van der Waals surface area contributed by atoms with Gasteiger partial charge >= 0.3 is 0 Å². The van der Waals surface area contributed by atoms with Gasteiger partial charge in [0.05, 0.1) is 27.5 Å². The van der Waals surface area contributed by atoms with E-state index >= 15 is 0 Å². The molecule has 1 aliphatic rings. The number of benzene rings is 5. The van der Waals surface area contributed by atoms with Crippen LogP contribution in [0, 0.1) is 0 Å². The molecule has 1 heterocycles. The van der Waals surface area contributed by atoms with Gasteiger partial charge in [-0.25, -0.2) is 0 Å². The molecular weight excluding hydrogens is 396 g/mol. The van der Waals surface area contributed by atoms with Crippen molar-refractivity contribution in [3.05, 3.63) is 115 Å². The van der Waals surface area contributed by atoms with E-state index in [0.29, 0.717) is 27.1 Å². The Hall–Kier alpha value is -4.18. The van der Waals surface area contributed by atoms with Gasteiger partial charge in [0.15, 0.2) is 10.9 Å². The van der Waals surface area contributed by atoms with Crippen molar-refractivity contribution >= 4 is 43.6 Å². The Morgan fingerprint density at radius 3 is 1.97 bits per heavy atom. The number of nitrogens with one attached hydrogen (secondary N) is 2. The van der Waals surface area contributed by atoms with E-state index in [2.05, 4.69) is 46.4 Å². The van der Waals surface area contributed by atoms with Crippen LogP contribution in [-0.4, -0.2) is 9.97 Å². The molecule has 2 N–H and O–H groups in total. The summed E-state index contributed by atoms with van der Waals surface area (Å²) in [4.78, 5) is 33.6. The van der Waals surface area contributed by atoms with E-state index in [1.807, 2.05) is 6.07 Å². The van der Waals surface area contributed by atoms with E-state index in [1.165, 1.54) is 22.3 Å². The number of aromatic nitrogens is 2. The Balaban J connectivity index is 1.58.